The molecule has 0 aliphatic rings. The van der Waals surface area contributed by atoms with Gasteiger partial charge in [-0.1, -0.05) is 48.0 Å². The lowest BCUT2D eigenvalue weighted by molar-refractivity contribution is 0.184. The van der Waals surface area contributed by atoms with E-state index in [-0.39, 0.29) is 12.1 Å². The molecule has 34 heavy (non-hydrogen) atoms. The highest BCUT2D eigenvalue weighted by Crippen LogP contribution is 2.25. The molecule has 0 saturated carbocycles. The van der Waals surface area contributed by atoms with Gasteiger partial charge in [-0.25, -0.2) is 14.2 Å². The van der Waals surface area contributed by atoms with Gasteiger partial charge in [-0.2, -0.15) is 0 Å². The summed E-state index contributed by atoms with van der Waals surface area (Å²) in [5.41, 5.74) is 1.53. The molecule has 1 heterocycles. The van der Waals surface area contributed by atoms with Crippen molar-refractivity contribution in [3.8, 4) is 0 Å². The van der Waals surface area contributed by atoms with Crippen molar-refractivity contribution in [2.75, 3.05) is 5.32 Å². The molecule has 6 nitrogen and oxygen atoms in total. The minimum absolute atomic E-state index is 0.220. The summed E-state index contributed by atoms with van der Waals surface area (Å²) in [4.78, 5) is 32.9. The van der Waals surface area contributed by atoms with Gasteiger partial charge in [0, 0.05) is 23.8 Å². The zero-order chi connectivity index (χ0) is 24.2. The Bertz CT molecular complexity index is 1390. The van der Waals surface area contributed by atoms with Crippen LogP contribution in [0.25, 0.3) is 10.9 Å². The van der Waals surface area contributed by atoms with E-state index < -0.39 is 17.9 Å². The molecule has 0 aliphatic heterocycles. The first-order valence-corrected chi connectivity index (χ1v) is 11.3. The Balaban J connectivity index is 1.77. The first-order valence-electron chi connectivity index (χ1n) is 10.9. The van der Waals surface area contributed by atoms with Crippen LogP contribution in [0.15, 0.2) is 77.6 Å². The first-order chi connectivity index (χ1) is 16.4. The summed E-state index contributed by atoms with van der Waals surface area (Å²) in [6, 6.07) is 19.2. The Morgan fingerprint density at radius 1 is 1.12 bits per heavy atom. The Morgan fingerprint density at radius 2 is 1.88 bits per heavy atom. The van der Waals surface area contributed by atoms with E-state index in [1.165, 1.54) is 18.2 Å². The van der Waals surface area contributed by atoms with Crippen molar-refractivity contribution in [1.82, 2.24) is 14.5 Å². The molecule has 1 N–H and O–H groups in total. The summed E-state index contributed by atoms with van der Waals surface area (Å²) in [7, 11) is 0. The van der Waals surface area contributed by atoms with Crippen LogP contribution in [0.1, 0.15) is 31.3 Å². The van der Waals surface area contributed by atoms with E-state index in [9.17, 15) is 14.0 Å². The van der Waals surface area contributed by atoms with Crippen LogP contribution in [0.5, 0.6) is 0 Å². The number of amides is 2. The summed E-state index contributed by atoms with van der Waals surface area (Å²) < 4.78 is 15.2. The van der Waals surface area contributed by atoms with Gasteiger partial charge in [-0.05, 0) is 55.8 Å². The van der Waals surface area contributed by atoms with Crippen LogP contribution in [0.2, 0.25) is 5.02 Å². The number of halogens is 2. The average molecular weight is 479 g/mol. The molecule has 8 heteroatoms. The van der Waals surface area contributed by atoms with Gasteiger partial charge in [0.05, 0.1) is 16.9 Å². The highest BCUT2D eigenvalue weighted by molar-refractivity contribution is 6.31. The maximum Gasteiger partial charge on any atom is 0.322 e. The maximum atomic E-state index is 13.7. The van der Waals surface area contributed by atoms with Crippen LogP contribution in [0.3, 0.4) is 0 Å². The molecule has 2 amide bonds. The molecule has 1 unspecified atom stereocenters. The van der Waals surface area contributed by atoms with Crippen LogP contribution >= 0.6 is 11.6 Å². The molecule has 3 aromatic carbocycles. The number of benzene rings is 3. The average Bonchev–Trinajstić information content (AvgIpc) is 2.83. The number of urea groups is 1. The largest absolute Gasteiger partial charge is 0.322 e. The number of anilines is 1. The van der Waals surface area contributed by atoms with Crippen LogP contribution in [-0.2, 0) is 13.1 Å². The van der Waals surface area contributed by atoms with Crippen molar-refractivity contribution in [2.45, 2.75) is 33.0 Å². The lowest BCUT2D eigenvalue weighted by Crippen LogP contribution is -2.39. The van der Waals surface area contributed by atoms with E-state index in [4.69, 9.17) is 16.6 Å². The third kappa shape index (κ3) is 4.94. The van der Waals surface area contributed by atoms with Gasteiger partial charge in [0.25, 0.3) is 5.56 Å². The fraction of sp³-hybridized carbons (Fsp3) is 0.192. The zero-order valence-electron chi connectivity index (χ0n) is 18.8. The summed E-state index contributed by atoms with van der Waals surface area (Å²) in [6.45, 7) is 4.31. The van der Waals surface area contributed by atoms with E-state index in [1.807, 2.05) is 44.2 Å². The maximum absolute atomic E-state index is 13.7. The number of aromatic nitrogens is 2. The number of carbonyl (C=O) groups is 1. The second kappa shape index (κ2) is 10.1. The number of nitrogens with one attached hydrogen (secondary N) is 1. The number of nitrogens with zero attached hydrogens (tertiary/aromatic N) is 3. The van der Waals surface area contributed by atoms with Gasteiger partial charge in [-0.3, -0.25) is 9.36 Å². The van der Waals surface area contributed by atoms with Gasteiger partial charge in [0.1, 0.15) is 11.6 Å². The molecule has 0 spiro atoms. The summed E-state index contributed by atoms with van der Waals surface area (Å²) >= 11 is 6.10. The quantitative estimate of drug-likeness (QED) is 0.369. The smallest absolute Gasteiger partial charge is 0.310 e. The van der Waals surface area contributed by atoms with Gasteiger partial charge < -0.3 is 10.2 Å². The highest BCUT2D eigenvalue weighted by atomic mass is 35.5. The molecule has 174 valence electrons. The zero-order valence-corrected chi connectivity index (χ0v) is 19.6. The summed E-state index contributed by atoms with van der Waals surface area (Å²) in [6.07, 6.45) is 0. The fourth-order valence-electron chi connectivity index (χ4n) is 3.90. The van der Waals surface area contributed by atoms with E-state index >= 15 is 0 Å². The van der Waals surface area contributed by atoms with Crippen molar-refractivity contribution < 1.29 is 9.18 Å². The number of hydrogen-bond acceptors (Lipinski definition) is 3. The summed E-state index contributed by atoms with van der Waals surface area (Å²) in [5, 5.41) is 3.64. The molecule has 4 aromatic rings. The predicted molar refractivity (Wildman–Crippen MR) is 133 cm³/mol. The minimum atomic E-state index is -0.568. The molecule has 1 aromatic heterocycles. The molecule has 0 radical (unpaired) electrons. The first kappa shape index (κ1) is 23.4. The van der Waals surface area contributed by atoms with E-state index in [1.54, 1.807) is 33.7 Å². The third-order valence-electron chi connectivity index (χ3n) is 5.64. The van der Waals surface area contributed by atoms with Crippen molar-refractivity contribution in [3.05, 3.63) is 105 Å². The standard InChI is InChI=1S/C26H24ClFN4O2/c1-3-31-24(30-23-13-12-19(27)14-22(23)25(31)33)17(2)32(16-18-8-5-4-6-9-18)26(34)29-21-11-7-10-20(28)15-21/h4-15,17H,3,16H2,1-2H3,(H,29,34). The predicted octanol–water partition coefficient (Wildman–Crippen LogP) is 6.00. The lowest BCUT2D eigenvalue weighted by atomic mass is 10.1. The van der Waals surface area contributed by atoms with E-state index in [2.05, 4.69) is 5.32 Å². The Kier molecular flexibility index (Phi) is 6.93. The molecule has 1 atom stereocenters. The molecule has 4 rings (SSSR count). The van der Waals surface area contributed by atoms with Gasteiger partial charge in [0.15, 0.2) is 0 Å². The number of carbonyl (C=O) groups excluding carboxylic acids is 1. The topological polar surface area (TPSA) is 67.2 Å². The SMILES string of the molecule is CCn1c(C(C)N(Cc2ccccc2)C(=O)Nc2cccc(F)c2)nc2ccc(Cl)cc2c1=O. The third-order valence-corrected chi connectivity index (χ3v) is 5.87. The Hall–Kier alpha value is -3.71. The van der Waals surface area contributed by atoms with Crippen molar-refractivity contribution >= 4 is 34.2 Å². The van der Waals surface area contributed by atoms with Gasteiger partial charge in [0.2, 0.25) is 0 Å². The highest BCUT2D eigenvalue weighted by Gasteiger charge is 2.26. The molecule has 0 saturated heterocycles. The van der Waals surface area contributed by atoms with Crippen LogP contribution in [0, 0.1) is 5.82 Å². The Morgan fingerprint density at radius 3 is 2.59 bits per heavy atom. The van der Waals surface area contributed by atoms with E-state index in [0.717, 1.165) is 5.56 Å². The van der Waals surface area contributed by atoms with Crippen molar-refractivity contribution in [1.29, 1.82) is 0 Å². The molecule has 0 aliphatic carbocycles. The van der Waals surface area contributed by atoms with Crippen LogP contribution in [-0.4, -0.2) is 20.5 Å². The van der Waals surface area contributed by atoms with E-state index in [0.29, 0.717) is 34.0 Å². The molecule has 0 bridgehead atoms. The Labute approximate surface area is 201 Å². The number of hydrogen-bond donors (Lipinski definition) is 1. The molecule has 0 fully saturated rings. The van der Waals surface area contributed by atoms with Gasteiger partial charge >= 0.3 is 6.03 Å². The minimum Gasteiger partial charge on any atom is -0.310 e. The van der Waals surface area contributed by atoms with Crippen molar-refractivity contribution in [3.63, 3.8) is 0 Å². The lowest BCUT2D eigenvalue weighted by Gasteiger charge is -2.30. The van der Waals surface area contributed by atoms with Crippen LogP contribution < -0.4 is 10.9 Å². The molecular weight excluding hydrogens is 455 g/mol. The normalized spacial score (nSPS) is 11.9. The van der Waals surface area contributed by atoms with Crippen LogP contribution in [0.4, 0.5) is 14.9 Å². The number of fused-ring (bicyclic) bond motifs is 1. The molecular formula is C26H24ClFN4O2. The number of rotatable bonds is 6. The fourth-order valence-corrected chi connectivity index (χ4v) is 4.07. The second-order valence-electron chi connectivity index (χ2n) is 7.91. The second-order valence-corrected chi connectivity index (χ2v) is 8.35. The van der Waals surface area contributed by atoms with Gasteiger partial charge in [-0.15, -0.1) is 0 Å². The monoisotopic (exact) mass is 478 g/mol. The van der Waals surface area contributed by atoms with Crippen molar-refractivity contribution in [2.24, 2.45) is 0 Å². The summed E-state index contributed by atoms with van der Waals surface area (Å²) in [5.74, 6) is 0.00258.